The number of rotatable bonds is 3. The lowest BCUT2D eigenvalue weighted by atomic mass is 10.0. The number of nitrogens with zero attached hydrogens (tertiary/aromatic N) is 2. The Morgan fingerprint density at radius 2 is 1.92 bits per heavy atom. The lowest BCUT2D eigenvalue weighted by molar-refractivity contribution is 0.352. The molecule has 1 aliphatic rings. The molecule has 2 rings (SSSR count). The standard InChI is InChI=1S/C18H29N3O2S.HI/c1-14-6-8-16(9-7-14)15(2)12-20-17(19-5)21-10-11-24(22,23)18(3,4)13-21;/h6-9,15H,10-13H2,1-5H3,(H,19,20);1H. The van der Waals surface area contributed by atoms with Gasteiger partial charge in [-0.2, -0.15) is 0 Å². The van der Waals surface area contributed by atoms with Crippen molar-refractivity contribution in [1.29, 1.82) is 0 Å². The molecule has 0 aromatic heterocycles. The van der Waals surface area contributed by atoms with E-state index >= 15 is 0 Å². The monoisotopic (exact) mass is 479 g/mol. The lowest BCUT2D eigenvalue weighted by Gasteiger charge is -2.39. The van der Waals surface area contributed by atoms with Crippen molar-refractivity contribution in [3.63, 3.8) is 0 Å². The molecule has 0 saturated carbocycles. The van der Waals surface area contributed by atoms with Crippen molar-refractivity contribution in [3.05, 3.63) is 35.4 Å². The van der Waals surface area contributed by atoms with Gasteiger partial charge in [0.05, 0.1) is 10.5 Å². The molecular weight excluding hydrogens is 449 g/mol. The van der Waals surface area contributed by atoms with Gasteiger partial charge in [0.2, 0.25) is 0 Å². The van der Waals surface area contributed by atoms with E-state index < -0.39 is 14.6 Å². The maximum absolute atomic E-state index is 12.2. The summed E-state index contributed by atoms with van der Waals surface area (Å²) >= 11 is 0. The second-order valence-corrected chi connectivity index (χ2v) is 9.98. The topological polar surface area (TPSA) is 61.8 Å². The van der Waals surface area contributed by atoms with E-state index in [1.165, 1.54) is 11.1 Å². The second kappa shape index (κ2) is 8.70. The van der Waals surface area contributed by atoms with Gasteiger partial charge in [0.15, 0.2) is 15.8 Å². The Kier molecular flexibility index (Phi) is 7.73. The fourth-order valence-electron chi connectivity index (χ4n) is 2.91. The number of sulfone groups is 1. The minimum atomic E-state index is -3.04. The Hall–Kier alpha value is -0.830. The quantitative estimate of drug-likeness (QED) is 0.412. The van der Waals surface area contributed by atoms with Crippen LogP contribution in [0.4, 0.5) is 0 Å². The summed E-state index contributed by atoms with van der Waals surface area (Å²) < 4.78 is 23.6. The SMILES string of the molecule is CN=C(NCC(C)c1ccc(C)cc1)N1CCS(=O)(=O)C(C)(C)C1.I. The van der Waals surface area contributed by atoms with Crippen LogP contribution in [-0.2, 0) is 9.84 Å². The van der Waals surface area contributed by atoms with Crippen LogP contribution in [0, 0.1) is 6.92 Å². The van der Waals surface area contributed by atoms with E-state index in [0.717, 1.165) is 12.5 Å². The molecule has 142 valence electrons. The van der Waals surface area contributed by atoms with Crippen molar-refractivity contribution in [1.82, 2.24) is 10.2 Å². The predicted molar refractivity (Wildman–Crippen MR) is 116 cm³/mol. The molecule has 1 aromatic carbocycles. The number of benzene rings is 1. The zero-order valence-corrected chi connectivity index (χ0v) is 18.9. The van der Waals surface area contributed by atoms with E-state index in [1.54, 1.807) is 20.9 Å². The Bertz CT molecular complexity index is 700. The molecule has 0 spiro atoms. The maximum atomic E-state index is 12.2. The molecule has 1 atom stereocenters. The summed E-state index contributed by atoms with van der Waals surface area (Å²) in [4.78, 5) is 6.39. The number of aliphatic imine (C=N–C) groups is 1. The van der Waals surface area contributed by atoms with Gasteiger partial charge in [-0.05, 0) is 32.3 Å². The molecule has 1 aromatic rings. The Morgan fingerprint density at radius 3 is 2.44 bits per heavy atom. The van der Waals surface area contributed by atoms with Gasteiger partial charge in [-0.3, -0.25) is 4.99 Å². The Morgan fingerprint density at radius 1 is 1.32 bits per heavy atom. The third-order valence-electron chi connectivity index (χ3n) is 4.77. The van der Waals surface area contributed by atoms with Crippen LogP contribution in [0.1, 0.15) is 37.8 Å². The van der Waals surface area contributed by atoms with Crippen molar-refractivity contribution in [3.8, 4) is 0 Å². The van der Waals surface area contributed by atoms with Gasteiger partial charge in [0.25, 0.3) is 0 Å². The van der Waals surface area contributed by atoms with Gasteiger partial charge in [-0.25, -0.2) is 8.42 Å². The molecule has 1 fully saturated rings. The molecule has 0 aliphatic carbocycles. The van der Waals surface area contributed by atoms with Crippen LogP contribution in [0.2, 0.25) is 0 Å². The van der Waals surface area contributed by atoms with Gasteiger partial charge in [0, 0.05) is 26.7 Å². The van der Waals surface area contributed by atoms with Crippen LogP contribution in [-0.4, -0.2) is 56.5 Å². The highest BCUT2D eigenvalue weighted by atomic mass is 127. The van der Waals surface area contributed by atoms with E-state index in [4.69, 9.17) is 0 Å². The highest BCUT2D eigenvalue weighted by Crippen LogP contribution is 2.24. The van der Waals surface area contributed by atoms with Crippen LogP contribution in [0.3, 0.4) is 0 Å². The van der Waals surface area contributed by atoms with Crippen molar-refractivity contribution in [2.75, 3.05) is 32.4 Å². The van der Waals surface area contributed by atoms with E-state index in [0.29, 0.717) is 19.0 Å². The third kappa shape index (κ3) is 5.32. The van der Waals surface area contributed by atoms with Crippen LogP contribution < -0.4 is 5.32 Å². The molecule has 0 radical (unpaired) electrons. The Balaban J connectivity index is 0.00000312. The minimum Gasteiger partial charge on any atom is -0.356 e. The molecule has 7 heteroatoms. The first-order valence-electron chi connectivity index (χ1n) is 8.41. The fourth-order valence-corrected chi connectivity index (χ4v) is 4.28. The summed E-state index contributed by atoms with van der Waals surface area (Å²) in [6.45, 7) is 9.56. The van der Waals surface area contributed by atoms with Crippen molar-refractivity contribution in [2.45, 2.75) is 38.4 Å². The molecule has 1 saturated heterocycles. The number of hydrogen-bond donors (Lipinski definition) is 1. The average molecular weight is 479 g/mol. The maximum Gasteiger partial charge on any atom is 0.193 e. The normalized spacial score (nSPS) is 20.5. The summed E-state index contributed by atoms with van der Waals surface area (Å²) in [6.07, 6.45) is 0. The highest BCUT2D eigenvalue weighted by molar-refractivity contribution is 14.0. The van der Waals surface area contributed by atoms with E-state index in [9.17, 15) is 8.42 Å². The summed E-state index contributed by atoms with van der Waals surface area (Å²) in [5.41, 5.74) is 2.54. The van der Waals surface area contributed by atoms with E-state index in [1.807, 2.05) is 4.90 Å². The summed E-state index contributed by atoms with van der Waals surface area (Å²) in [5.74, 6) is 1.30. The fraction of sp³-hybridized carbons (Fsp3) is 0.611. The molecular formula is C18H30IN3O2S. The average Bonchev–Trinajstić information content (AvgIpc) is 2.51. The zero-order chi connectivity index (χ0) is 18.0. The summed E-state index contributed by atoms with van der Waals surface area (Å²) in [6, 6.07) is 8.55. The van der Waals surface area contributed by atoms with Crippen molar-refractivity contribution >= 4 is 39.8 Å². The van der Waals surface area contributed by atoms with E-state index in [-0.39, 0.29) is 29.7 Å². The molecule has 0 bridgehead atoms. The minimum absolute atomic E-state index is 0. The number of halogens is 1. The van der Waals surface area contributed by atoms with Crippen LogP contribution in [0.15, 0.2) is 29.3 Å². The third-order valence-corrected chi connectivity index (χ3v) is 7.30. The molecule has 0 amide bonds. The second-order valence-electron chi connectivity index (χ2n) is 7.24. The number of nitrogens with one attached hydrogen (secondary N) is 1. The van der Waals surface area contributed by atoms with Crippen molar-refractivity contribution in [2.24, 2.45) is 4.99 Å². The molecule has 25 heavy (non-hydrogen) atoms. The van der Waals surface area contributed by atoms with Gasteiger partial charge in [-0.15, -0.1) is 24.0 Å². The number of hydrogen-bond acceptors (Lipinski definition) is 3. The molecule has 1 unspecified atom stereocenters. The van der Waals surface area contributed by atoms with Gasteiger partial charge < -0.3 is 10.2 Å². The van der Waals surface area contributed by atoms with Gasteiger partial charge >= 0.3 is 0 Å². The summed E-state index contributed by atoms with van der Waals surface area (Å²) in [7, 11) is -1.29. The number of guanidine groups is 1. The first-order chi connectivity index (χ1) is 11.2. The zero-order valence-electron chi connectivity index (χ0n) is 15.7. The molecule has 5 nitrogen and oxygen atoms in total. The molecule has 1 N–H and O–H groups in total. The Labute approximate surface area is 169 Å². The highest BCUT2D eigenvalue weighted by Gasteiger charge is 2.40. The van der Waals surface area contributed by atoms with Crippen molar-refractivity contribution < 1.29 is 8.42 Å². The van der Waals surface area contributed by atoms with Crippen LogP contribution in [0.25, 0.3) is 0 Å². The largest absolute Gasteiger partial charge is 0.356 e. The van der Waals surface area contributed by atoms with Gasteiger partial charge in [-0.1, -0.05) is 36.8 Å². The van der Waals surface area contributed by atoms with Crippen LogP contribution in [0.5, 0.6) is 0 Å². The first kappa shape index (κ1) is 22.2. The van der Waals surface area contributed by atoms with Crippen LogP contribution >= 0.6 is 24.0 Å². The van der Waals surface area contributed by atoms with Gasteiger partial charge in [0.1, 0.15) is 0 Å². The smallest absolute Gasteiger partial charge is 0.193 e. The predicted octanol–water partition coefficient (Wildman–Crippen LogP) is 2.80. The first-order valence-corrected chi connectivity index (χ1v) is 10.1. The number of aryl methyl sites for hydroxylation is 1. The molecule has 1 heterocycles. The lowest BCUT2D eigenvalue weighted by Crippen LogP contribution is -2.57. The molecule has 1 aliphatic heterocycles. The summed E-state index contributed by atoms with van der Waals surface area (Å²) in [5, 5.41) is 3.40. The van der Waals surface area contributed by atoms with E-state index in [2.05, 4.69) is 48.4 Å².